The molecular weight excluding hydrogens is 344 g/mol. The van der Waals surface area contributed by atoms with Crippen LogP contribution in [-0.2, 0) is 6.54 Å². The second-order valence-electron chi connectivity index (χ2n) is 5.96. The SMILES string of the molecule is CN(Cc1ccccn1)C(=O)c1ccc(Nc2ccccc2)c([N+](=O)[O-])c1. The highest BCUT2D eigenvalue weighted by Gasteiger charge is 2.20. The molecule has 1 aromatic heterocycles. The molecule has 0 radical (unpaired) electrons. The molecule has 0 atom stereocenters. The molecule has 0 saturated heterocycles. The number of nitro benzene ring substituents is 1. The van der Waals surface area contributed by atoms with Crippen LogP contribution in [0.3, 0.4) is 0 Å². The van der Waals surface area contributed by atoms with Crippen molar-refractivity contribution in [3.63, 3.8) is 0 Å². The van der Waals surface area contributed by atoms with E-state index in [9.17, 15) is 14.9 Å². The van der Waals surface area contributed by atoms with Gasteiger partial charge in [-0.15, -0.1) is 0 Å². The van der Waals surface area contributed by atoms with Gasteiger partial charge in [0.1, 0.15) is 5.69 Å². The van der Waals surface area contributed by atoms with Crippen LogP contribution in [0.25, 0.3) is 0 Å². The smallest absolute Gasteiger partial charge is 0.293 e. The van der Waals surface area contributed by atoms with E-state index < -0.39 is 4.92 Å². The lowest BCUT2D eigenvalue weighted by Gasteiger charge is -2.17. The number of nitrogens with one attached hydrogen (secondary N) is 1. The fourth-order valence-corrected chi connectivity index (χ4v) is 2.63. The fraction of sp³-hybridized carbons (Fsp3) is 0.100. The van der Waals surface area contributed by atoms with Gasteiger partial charge < -0.3 is 10.2 Å². The Hall–Kier alpha value is -3.74. The number of nitro groups is 1. The molecule has 1 heterocycles. The van der Waals surface area contributed by atoms with Gasteiger partial charge in [-0.1, -0.05) is 24.3 Å². The third-order valence-electron chi connectivity index (χ3n) is 3.97. The molecule has 0 spiro atoms. The second-order valence-corrected chi connectivity index (χ2v) is 5.96. The van der Waals surface area contributed by atoms with Gasteiger partial charge in [0.15, 0.2) is 0 Å². The van der Waals surface area contributed by atoms with Crippen LogP contribution in [0, 0.1) is 10.1 Å². The van der Waals surface area contributed by atoms with Crippen LogP contribution in [0.1, 0.15) is 16.1 Å². The summed E-state index contributed by atoms with van der Waals surface area (Å²) in [4.78, 5) is 29.3. The number of rotatable bonds is 6. The first kappa shape index (κ1) is 18.1. The van der Waals surface area contributed by atoms with Gasteiger partial charge in [0.2, 0.25) is 0 Å². The summed E-state index contributed by atoms with van der Waals surface area (Å²) < 4.78 is 0. The van der Waals surface area contributed by atoms with Crippen molar-refractivity contribution < 1.29 is 9.72 Å². The van der Waals surface area contributed by atoms with Gasteiger partial charge in [-0.25, -0.2) is 0 Å². The van der Waals surface area contributed by atoms with Crippen LogP contribution >= 0.6 is 0 Å². The highest BCUT2D eigenvalue weighted by atomic mass is 16.6. The van der Waals surface area contributed by atoms with E-state index in [2.05, 4.69) is 10.3 Å². The Morgan fingerprint density at radius 2 is 1.85 bits per heavy atom. The maximum atomic E-state index is 12.6. The van der Waals surface area contributed by atoms with Crippen LogP contribution in [0.2, 0.25) is 0 Å². The van der Waals surface area contributed by atoms with Crippen LogP contribution in [0.5, 0.6) is 0 Å². The Bertz CT molecular complexity index is 946. The number of hydrogen-bond donors (Lipinski definition) is 1. The molecule has 3 aromatic rings. The number of para-hydroxylation sites is 1. The van der Waals surface area contributed by atoms with E-state index in [1.165, 1.54) is 11.0 Å². The van der Waals surface area contributed by atoms with Gasteiger partial charge in [-0.2, -0.15) is 0 Å². The molecular formula is C20H18N4O3. The molecule has 0 unspecified atom stereocenters. The van der Waals surface area contributed by atoms with E-state index >= 15 is 0 Å². The largest absolute Gasteiger partial charge is 0.350 e. The Kier molecular flexibility index (Phi) is 5.41. The minimum Gasteiger partial charge on any atom is -0.350 e. The van der Waals surface area contributed by atoms with Crippen molar-refractivity contribution in [2.75, 3.05) is 12.4 Å². The van der Waals surface area contributed by atoms with Crippen molar-refractivity contribution in [3.8, 4) is 0 Å². The summed E-state index contributed by atoms with van der Waals surface area (Å²) in [7, 11) is 1.64. The third-order valence-corrected chi connectivity index (χ3v) is 3.97. The Morgan fingerprint density at radius 3 is 2.52 bits per heavy atom. The number of carbonyl (C=O) groups excluding carboxylic acids is 1. The Morgan fingerprint density at radius 1 is 1.11 bits per heavy atom. The average Bonchev–Trinajstić information content (AvgIpc) is 2.69. The van der Waals surface area contributed by atoms with E-state index in [0.29, 0.717) is 12.2 Å². The minimum atomic E-state index is -0.499. The number of aromatic nitrogens is 1. The molecule has 0 fully saturated rings. The van der Waals surface area contributed by atoms with E-state index in [1.807, 2.05) is 42.5 Å². The zero-order valence-corrected chi connectivity index (χ0v) is 14.7. The molecule has 7 nitrogen and oxygen atoms in total. The highest BCUT2D eigenvalue weighted by molar-refractivity contribution is 5.95. The van der Waals surface area contributed by atoms with Gasteiger partial charge in [0.05, 0.1) is 17.2 Å². The molecule has 3 rings (SSSR count). The topological polar surface area (TPSA) is 88.4 Å². The molecule has 27 heavy (non-hydrogen) atoms. The van der Waals surface area contributed by atoms with Crippen molar-refractivity contribution in [2.45, 2.75) is 6.54 Å². The molecule has 0 saturated carbocycles. The molecule has 1 amide bonds. The van der Waals surface area contributed by atoms with Gasteiger partial charge in [0.25, 0.3) is 11.6 Å². The predicted molar refractivity (Wildman–Crippen MR) is 103 cm³/mol. The fourth-order valence-electron chi connectivity index (χ4n) is 2.63. The zero-order chi connectivity index (χ0) is 19.2. The average molecular weight is 362 g/mol. The van der Waals surface area contributed by atoms with Crippen molar-refractivity contribution in [1.82, 2.24) is 9.88 Å². The van der Waals surface area contributed by atoms with E-state index in [0.717, 1.165) is 11.4 Å². The normalized spacial score (nSPS) is 10.3. The predicted octanol–water partition coefficient (Wildman–Crippen LogP) is 4.01. The minimum absolute atomic E-state index is 0.157. The number of pyridine rings is 1. The van der Waals surface area contributed by atoms with Gasteiger partial charge in [0, 0.05) is 30.6 Å². The molecule has 0 aliphatic rings. The number of amides is 1. The quantitative estimate of drug-likeness (QED) is 0.529. The number of nitrogens with zero attached hydrogens (tertiary/aromatic N) is 3. The van der Waals surface area contributed by atoms with Crippen molar-refractivity contribution in [3.05, 3.63) is 94.3 Å². The molecule has 1 N–H and O–H groups in total. The third kappa shape index (κ3) is 4.46. The number of anilines is 2. The molecule has 0 aliphatic carbocycles. The van der Waals surface area contributed by atoms with Crippen molar-refractivity contribution >= 4 is 23.0 Å². The second kappa shape index (κ2) is 8.09. The molecule has 0 bridgehead atoms. The lowest BCUT2D eigenvalue weighted by Crippen LogP contribution is -2.26. The Labute approximate surface area is 156 Å². The molecule has 0 aliphatic heterocycles. The van der Waals surface area contributed by atoms with E-state index in [-0.39, 0.29) is 17.2 Å². The summed E-state index contributed by atoms with van der Waals surface area (Å²) >= 11 is 0. The lowest BCUT2D eigenvalue weighted by atomic mass is 10.1. The number of hydrogen-bond acceptors (Lipinski definition) is 5. The van der Waals surface area contributed by atoms with Crippen molar-refractivity contribution in [1.29, 1.82) is 0 Å². The first-order chi connectivity index (χ1) is 13.0. The maximum Gasteiger partial charge on any atom is 0.293 e. The van der Waals surface area contributed by atoms with Gasteiger partial charge >= 0.3 is 0 Å². The van der Waals surface area contributed by atoms with Crippen molar-refractivity contribution in [2.24, 2.45) is 0 Å². The zero-order valence-electron chi connectivity index (χ0n) is 14.7. The molecule has 2 aromatic carbocycles. The van der Waals surface area contributed by atoms with Crippen LogP contribution < -0.4 is 5.32 Å². The molecule has 7 heteroatoms. The van der Waals surface area contributed by atoms with Crippen LogP contribution in [-0.4, -0.2) is 27.8 Å². The summed E-state index contributed by atoms with van der Waals surface area (Å²) in [5.41, 5.74) is 1.89. The number of carbonyl (C=O) groups is 1. The lowest BCUT2D eigenvalue weighted by molar-refractivity contribution is -0.383. The van der Waals surface area contributed by atoms with Crippen LogP contribution in [0.4, 0.5) is 17.1 Å². The highest BCUT2D eigenvalue weighted by Crippen LogP contribution is 2.29. The maximum absolute atomic E-state index is 12.6. The van der Waals surface area contributed by atoms with Gasteiger partial charge in [-0.05, 0) is 36.4 Å². The standard InChI is InChI=1S/C20H18N4O3/c1-23(14-17-9-5-6-12-21-17)20(25)15-10-11-18(19(13-15)24(26)27)22-16-7-3-2-4-8-16/h2-13,22H,14H2,1H3. The van der Waals surface area contributed by atoms with E-state index in [1.54, 1.807) is 31.4 Å². The summed E-state index contributed by atoms with van der Waals surface area (Å²) in [6, 6.07) is 19.0. The summed E-state index contributed by atoms with van der Waals surface area (Å²) in [6.07, 6.45) is 1.66. The first-order valence-corrected chi connectivity index (χ1v) is 8.30. The van der Waals surface area contributed by atoms with Crippen LogP contribution in [0.15, 0.2) is 72.9 Å². The monoisotopic (exact) mass is 362 g/mol. The molecule has 136 valence electrons. The first-order valence-electron chi connectivity index (χ1n) is 8.30. The summed E-state index contributed by atoms with van der Waals surface area (Å²) in [5.74, 6) is -0.310. The number of benzene rings is 2. The summed E-state index contributed by atoms with van der Waals surface area (Å²) in [6.45, 7) is 0.317. The van der Waals surface area contributed by atoms with Gasteiger partial charge in [-0.3, -0.25) is 19.9 Å². The van der Waals surface area contributed by atoms with E-state index in [4.69, 9.17) is 0 Å². The Balaban J connectivity index is 1.82. The summed E-state index contributed by atoms with van der Waals surface area (Å²) in [5, 5.41) is 14.5.